The number of halogens is 1. The Morgan fingerprint density at radius 3 is 2.67 bits per heavy atom. The van der Waals surface area contributed by atoms with Crippen LogP contribution >= 0.6 is 22.9 Å². The van der Waals surface area contributed by atoms with Gasteiger partial charge in [0.25, 0.3) is 0 Å². The van der Waals surface area contributed by atoms with Crippen LogP contribution in [0.5, 0.6) is 5.75 Å². The first kappa shape index (κ1) is 18.4. The van der Waals surface area contributed by atoms with Crippen molar-refractivity contribution in [1.82, 2.24) is 10.2 Å². The minimum Gasteiger partial charge on any atom is -0.508 e. The Hall–Kier alpha value is -1.98. The number of phenols is 1. The fourth-order valence-electron chi connectivity index (χ4n) is 2.34. The number of thiophene rings is 1. The van der Waals surface area contributed by atoms with Crippen LogP contribution in [0.15, 0.2) is 49.1 Å². The standard InChI is InChI=1S/C18H21ClN2O2S/c1-3-10-21(12-16-8-9-17(19)24-16)18(23)20-13(2)11-14-4-6-15(22)7-5-14/h3-9,13,22H,1,10-12H2,2H3,(H,20,23). The van der Waals surface area contributed by atoms with Crippen molar-refractivity contribution in [2.45, 2.75) is 25.9 Å². The first-order valence-electron chi connectivity index (χ1n) is 7.66. The van der Waals surface area contributed by atoms with Crippen molar-refractivity contribution in [1.29, 1.82) is 0 Å². The number of nitrogens with one attached hydrogen (secondary N) is 1. The number of benzene rings is 1. The second-order valence-electron chi connectivity index (χ2n) is 5.60. The van der Waals surface area contributed by atoms with E-state index in [1.165, 1.54) is 11.3 Å². The van der Waals surface area contributed by atoms with Gasteiger partial charge in [-0.25, -0.2) is 4.79 Å². The fourth-order valence-corrected chi connectivity index (χ4v) is 3.44. The zero-order valence-electron chi connectivity index (χ0n) is 13.5. The molecule has 2 rings (SSSR count). The average molecular weight is 365 g/mol. The molecule has 2 aromatic rings. The van der Waals surface area contributed by atoms with Gasteiger partial charge in [0.15, 0.2) is 0 Å². The summed E-state index contributed by atoms with van der Waals surface area (Å²) in [4.78, 5) is 15.2. The van der Waals surface area contributed by atoms with Crippen molar-refractivity contribution in [2.24, 2.45) is 0 Å². The van der Waals surface area contributed by atoms with Gasteiger partial charge in [0, 0.05) is 17.5 Å². The molecule has 0 radical (unpaired) electrons. The van der Waals surface area contributed by atoms with Crippen LogP contribution in [0.1, 0.15) is 17.4 Å². The molecule has 128 valence electrons. The highest BCUT2D eigenvalue weighted by molar-refractivity contribution is 7.16. The minimum atomic E-state index is -0.134. The molecule has 6 heteroatoms. The van der Waals surface area contributed by atoms with E-state index >= 15 is 0 Å². The highest BCUT2D eigenvalue weighted by Gasteiger charge is 2.16. The largest absolute Gasteiger partial charge is 0.508 e. The van der Waals surface area contributed by atoms with Gasteiger partial charge >= 0.3 is 6.03 Å². The highest BCUT2D eigenvalue weighted by atomic mass is 35.5. The van der Waals surface area contributed by atoms with Gasteiger partial charge in [0.05, 0.1) is 10.9 Å². The molecule has 0 fully saturated rings. The third kappa shape index (κ3) is 5.58. The lowest BCUT2D eigenvalue weighted by Gasteiger charge is -2.24. The van der Waals surface area contributed by atoms with Gasteiger partial charge < -0.3 is 15.3 Å². The Morgan fingerprint density at radius 2 is 2.08 bits per heavy atom. The van der Waals surface area contributed by atoms with Crippen molar-refractivity contribution in [3.05, 3.63) is 63.8 Å². The maximum absolute atomic E-state index is 12.5. The molecule has 0 aliphatic rings. The van der Waals surface area contributed by atoms with Gasteiger partial charge in [-0.15, -0.1) is 17.9 Å². The summed E-state index contributed by atoms with van der Waals surface area (Å²) in [6, 6.07) is 10.6. The molecule has 1 heterocycles. The predicted octanol–water partition coefficient (Wildman–Crippen LogP) is 4.44. The summed E-state index contributed by atoms with van der Waals surface area (Å²) in [5, 5.41) is 12.3. The van der Waals surface area contributed by atoms with Crippen molar-refractivity contribution in [3.63, 3.8) is 0 Å². The normalized spacial score (nSPS) is 11.8. The van der Waals surface area contributed by atoms with E-state index in [1.807, 2.05) is 31.2 Å². The quantitative estimate of drug-likeness (QED) is 0.714. The van der Waals surface area contributed by atoms with E-state index in [-0.39, 0.29) is 17.8 Å². The summed E-state index contributed by atoms with van der Waals surface area (Å²) in [5.41, 5.74) is 1.06. The number of carbonyl (C=O) groups is 1. The molecule has 1 unspecified atom stereocenters. The molecule has 2 N–H and O–H groups in total. The van der Waals surface area contributed by atoms with Crippen LogP contribution in [-0.2, 0) is 13.0 Å². The monoisotopic (exact) mass is 364 g/mol. The Kier molecular flexibility index (Phi) is 6.70. The number of hydrogen-bond acceptors (Lipinski definition) is 3. The van der Waals surface area contributed by atoms with Crippen LogP contribution in [0, 0.1) is 0 Å². The number of rotatable bonds is 7. The molecule has 0 aliphatic carbocycles. The number of phenolic OH excluding ortho intramolecular Hbond substituents is 1. The lowest BCUT2D eigenvalue weighted by Crippen LogP contribution is -2.44. The zero-order chi connectivity index (χ0) is 17.5. The Labute approximate surface area is 151 Å². The number of hydrogen-bond donors (Lipinski definition) is 2. The fraction of sp³-hybridized carbons (Fsp3) is 0.278. The maximum atomic E-state index is 12.5. The number of nitrogens with zero attached hydrogens (tertiary/aromatic N) is 1. The second-order valence-corrected chi connectivity index (χ2v) is 7.40. The second kappa shape index (κ2) is 8.76. The maximum Gasteiger partial charge on any atom is 0.318 e. The molecule has 0 saturated heterocycles. The minimum absolute atomic E-state index is 0.0266. The molecule has 0 aliphatic heterocycles. The molecular formula is C18H21ClN2O2S. The van der Waals surface area contributed by atoms with Crippen LogP contribution in [0.3, 0.4) is 0 Å². The van der Waals surface area contributed by atoms with E-state index in [0.717, 1.165) is 10.4 Å². The number of urea groups is 1. The Morgan fingerprint density at radius 1 is 1.38 bits per heavy atom. The summed E-state index contributed by atoms with van der Waals surface area (Å²) in [5.74, 6) is 0.238. The molecule has 1 atom stereocenters. The molecule has 1 aromatic heterocycles. The molecule has 0 spiro atoms. The van der Waals surface area contributed by atoms with Crippen LogP contribution in [-0.4, -0.2) is 28.6 Å². The zero-order valence-corrected chi connectivity index (χ0v) is 15.1. The van der Waals surface area contributed by atoms with Crippen molar-refractivity contribution in [2.75, 3.05) is 6.54 Å². The van der Waals surface area contributed by atoms with Crippen molar-refractivity contribution < 1.29 is 9.90 Å². The summed E-state index contributed by atoms with van der Waals surface area (Å²) < 4.78 is 0.713. The summed E-state index contributed by atoms with van der Waals surface area (Å²) in [7, 11) is 0. The average Bonchev–Trinajstić information content (AvgIpc) is 2.94. The van der Waals surface area contributed by atoms with E-state index in [2.05, 4.69) is 11.9 Å². The lowest BCUT2D eigenvalue weighted by atomic mass is 10.1. The van der Waals surface area contributed by atoms with Gasteiger partial charge in [0.1, 0.15) is 5.75 Å². The smallest absolute Gasteiger partial charge is 0.318 e. The SMILES string of the molecule is C=CCN(Cc1ccc(Cl)s1)C(=O)NC(C)Cc1ccc(O)cc1. The van der Waals surface area contributed by atoms with E-state index in [0.29, 0.717) is 23.8 Å². The van der Waals surface area contributed by atoms with Crippen LogP contribution in [0.25, 0.3) is 0 Å². The van der Waals surface area contributed by atoms with Gasteiger partial charge in [-0.3, -0.25) is 0 Å². The molecular weight excluding hydrogens is 344 g/mol. The molecule has 0 saturated carbocycles. The third-order valence-corrected chi connectivity index (χ3v) is 4.68. The van der Waals surface area contributed by atoms with Crippen LogP contribution < -0.4 is 5.32 Å². The Bertz CT molecular complexity index is 685. The Balaban J connectivity index is 1.93. The van der Waals surface area contributed by atoms with Gasteiger partial charge in [-0.05, 0) is 43.2 Å². The van der Waals surface area contributed by atoms with Crippen LogP contribution in [0.2, 0.25) is 4.34 Å². The molecule has 2 amide bonds. The molecule has 24 heavy (non-hydrogen) atoms. The number of carbonyl (C=O) groups excluding carboxylic acids is 1. The molecule has 0 bridgehead atoms. The first-order chi connectivity index (χ1) is 11.5. The van der Waals surface area contributed by atoms with E-state index < -0.39 is 0 Å². The van der Waals surface area contributed by atoms with E-state index in [4.69, 9.17) is 11.6 Å². The predicted molar refractivity (Wildman–Crippen MR) is 99.7 cm³/mol. The lowest BCUT2D eigenvalue weighted by molar-refractivity contribution is 0.198. The first-order valence-corrected chi connectivity index (χ1v) is 8.86. The van der Waals surface area contributed by atoms with E-state index in [1.54, 1.807) is 23.1 Å². The molecule has 4 nitrogen and oxygen atoms in total. The summed E-state index contributed by atoms with van der Waals surface area (Å²) in [6.45, 7) is 6.64. The van der Waals surface area contributed by atoms with Gasteiger partial charge in [-0.2, -0.15) is 0 Å². The van der Waals surface area contributed by atoms with E-state index in [9.17, 15) is 9.90 Å². The topological polar surface area (TPSA) is 52.6 Å². The number of aromatic hydroxyl groups is 1. The number of amides is 2. The highest BCUT2D eigenvalue weighted by Crippen LogP contribution is 2.22. The summed E-state index contributed by atoms with van der Waals surface area (Å²) in [6.07, 6.45) is 2.40. The summed E-state index contributed by atoms with van der Waals surface area (Å²) >= 11 is 7.42. The van der Waals surface area contributed by atoms with Gasteiger partial charge in [0.2, 0.25) is 0 Å². The van der Waals surface area contributed by atoms with Crippen LogP contribution in [0.4, 0.5) is 4.79 Å². The van der Waals surface area contributed by atoms with Gasteiger partial charge in [-0.1, -0.05) is 29.8 Å². The van der Waals surface area contributed by atoms with Crippen molar-refractivity contribution >= 4 is 29.0 Å². The molecule has 1 aromatic carbocycles. The third-order valence-electron chi connectivity index (χ3n) is 3.46. The van der Waals surface area contributed by atoms with Crippen molar-refractivity contribution in [3.8, 4) is 5.75 Å².